The Bertz CT molecular complexity index is 1950. The molecule has 1 aliphatic carbocycles. The van der Waals surface area contributed by atoms with Gasteiger partial charge in [0.25, 0.3) is 0 Å². The van der Waals surface area contributed by atoms with E-state index in [0.717, 1.165) is 89.6 Å². The third-order valence-corrected chi connectivity index (χ3v) is 11.7. The SMILES string of the molecule is Oc1cc(-c2c(F)cc3c(N4CC5CCC(C4)N5)nc(OCC4(CN5CCC6(CCOCC6)C5)CC4)nc3c2F)c2c(F)c(F)ccc2c1. The van der Waals surface area contributed by atoms with Gasteiger partial charge in [0.15, 0.2) is 17.5 Å². The molecule has 5 heterocycles. The smallest absolute Gasteiger partial charge is 0.319 e. The molecule has 1 spiro atoms. The van der Waals surface area contributed by atoms with Gasteiger partial charge in [-0.25, -0.2) is 17.6 Å². The number of ether oxygens (including phenoxy) is 2. The first-order valence-electron chi connectivity index (χ1n) is 17.4. The number of halogens is 4. The molecule has 4 saturated heterocycles. The van der Waals surface area contributed by atoms with Crippen LogP contribution in [-0.4, -0.2) is 84.6 Å². The third-order valence-electron chi connectivity index (χ3n) is 11.7. The van der Waals surface area contributed by atoms with Crippen LogP contribution in [0, 0.1) is 34.1 Å². The number of likely N-dealkylation sites (tertiary alicyclic amines) is 1. The first-order valence-corrected chi connectivity index (χ1v) is 17.4. The van der Waals surface area contributed by atoms with E-state index in [-0.39, 0.29) is 56.5 Å². The molecule has 1 saturated carbocycles. The molecule has 12 heteroatoms. The van der Waals surface area contributed by atoms with Crippen molar-refractivity contribution < 1.29 is 32.1 Å². The molecular weight excluding hydrogens is 638 g/mol. The van der Waals surface area contributed by atoms with Gasteiger partial charge in [-0.05, 0) is 86.6 Å². The van der Waals surface area contributed by atoms with E-state index in [1.807, 2.05) is 4.90 Å². The van der Waals surface area contributed by atoms with Crippen molar-refractivity contribution in [2.45, 2.75) is 57.0 Å². The molecule has 5 fully saturated rings. The van der Waals surface area contributed by atoms with E-state index in [0.29, 0.717) is 30.9 Å². The highest BCUT2D eigenvalue weighted by atomic mass is 19.2. The first-order chi connectivity index (χ1) is 23.7. The van der Waals surface area contributed by atoms with Crippen LogP contribution in [-0.2, 0) is 4.74 Å². The molecule has 2 atom stereocenters. The van der Waals surface area contributed by atoms with Crippen LogP contribution in [0.1, 0.15) is 44.9 Å². The molecule has 4 aliphatic heterocycles. The van der Waals surface area contributed by atoms with Crippen molar-refractivity contribution in [2.75, 3.05) is 57.4 Å². The zero-order chi connectivity index (χ0) is 33.5. The lowest BCUT2D eigenvalue weighted by atomic mass is 9.80. The summed E-state index contributed by atoms with van der Waals surface area (Å²) in [5.74, 6) is -4.44. The largest absolute Gasteiger partial charge is 0.508 e. The van der Waals surface area contributed by atoms with Crippen molar-refractivity contribution in [1.29, 1.82) is 0 Å². The van der Waals surface area contributed by atoms with Gasteiger partial charge in [-0.15, -0.1) is 0 Å². The summed E-state index contributed by atoms with van der Waals surface area (Å²) in [6, 6.07) is 6.06. The Labute approximate surface area is 281 Å². The van der Waals surface area contributed by atoms with E-state index in [1.54, 1.807) is 0 Å². The second-order valence-corrected chi connectivity index (χ2v) is 15.1. The molecule has 1 aromatic heterocycles. The number of hydrogen-bond donors (Lipinski definition) is 2. The van der Waals surface area contributed by atoms with Gasteiger partial charge in [-0.2, -0.15) is 9.97 Å². The number of benzene rings is 3. The lowest BCUT2D eigenvalue weighted by Crippen LogP contribution is -2.51. The fraction of sp³-hybridized carbons (Fsp3) is 0.514. The summed E-state index contributed by atoms with van der Waals surface area (Å²) in [7, 11) is 0. The van der Waals surface area contributed by atoms with Gasteiger partial charge in [0.2, 0.25) is 0 Å². The second-order valence-electron chi connectivity index (χ2n) is 15.1. The van der Waals surface area contributed by atoms with E-state index in [1.165, 1.54) is 18.6 Å². The molecule has 258 valence electrons. The van der Waals surface area contributed by atoms with Crippen LogP contribution in [0.15, 0.2) is 30.3 Å². The molecule has 5 aliphatic rings. The van der Waals surface area contributed by atoms with E-state index >= 15 is 13.2 Å². The molecule has 8 nitrogen and oxygen atoms in total. The number of rotatable bonds is 7. The maximum absolute atomic E-state index is 16.8. The van der Waals surface area contributed by atoms with Gasteiger partial charge in [0, 0.05) is 73.2 Å². The van der Waals surface area contributed by atoms with Crippen LogP contribution in [0.4, 0.5) is 23.4 Å². The quantitative estimate of drug-likeness (QED) is 0.220. The molecule has 3 aromatic carbocycles. The minimum absolute atomic E-state index is 0.00331. The highest BCUT2D eigenvalue weighted by molar-refractivity contribution is 6.02. The number of nitrogens with one attached hydrogen (secondary N) is 1. The van der Waals surface area contributed by atoms with E-state index in [2.05, 4.69) is 15.2 Å². The average Bonchev–Trinajstić information content (AvgIpc) is 3.63. The van der Waals surface area contributed by atoms with Gasteiger partial charge in [0.1, 0.15) is 22.9 Å². The highest BCUT2D eigenvalue weighted by Crippen LogP contribution is 2.49. The topological polar surface area (TPSA) is 83.0 Å². The lowest BCUT2D eigenvalue weighted by molar-refractivity contribution is 0.0179. The summed E-state index contributed by atoms with van der Waals surface area (Å²) in [4.78, 5) is 13.9. The lowest BCUT2D eigenvalue weighted by Gasteiger charge is -2.34. The third kappa shape index (κ3) is 5.56. The fourth-order valence-electron chi connectivity index (χ4n) is 8.85. The number of aromatic hydroxyl groups is 1. The Kier molecular flexibility index (Phi) is 7.44. The minimum Gasteiger partial charge on any atom is -0.508 e. The number of piperazine rings is 1. The highest BCUT2D eigenvalue weighted by Gasteiger charge is 2.48. The summed E-state index contributed by atoms with van der Waals surface area (Å²) in [5, 5.41) is 14.0. The van der Waals surface area contributed by atoms with Gasteiger partial charge in [-0.3, -0.25) is 0 Å². The zero-order valence-electron chi connectivity index (χ0n) is 27.2. The van der Waals surface area contributed by atoms with Gasteiger partial charge in [0.05, 0.1) is 12.2 Å². The van der Waals surface area contributed by atoms with Gasteiger partial charge in [-0.1, -0.05) is 6.07 Å². The first kappa shape index (κ1) is 31.3. The molecule has 0 radical (unpaired) electrons. The summed E-state index contributed by atoms with van der Waals surface area (Å²) in [5.41, 5.74) is -0.798. The summed E-state index contributed by atoms with van der Waals surface area (Å²) in [6.07, 6.45) is 7.40. The molecule has 0 amide bonds. The van der Waals surface area contributed by atoms with Crippen LogP contribution >= 0.6 is 0 Å². The van der Waals surface area contributed by atoms with Crippen LogP contribution in [0.3, 0.4) is 0 Å². The van der Waals surface area contributed by atoms with Crippen molar-refractivity contribution >= 4 is 27.5 Å². The number of phenolic OH excluding ortho intramolecular Hbond substituents is 1. The minimum atomic E-state index is -1.26. The van der Waals surface area contributed by atoms with Gasteiger partial charge < -0.3 is 29.7 Å². The summed E-state index contributed by atoms with van der Waals surface area (Å²) in [6.45, 7) is 6.27. The van der Waals surface area contributed by atoms with Crippen LogP contribution in [0.5, 0.6) is 11.8 Å². The van der Waals surface area contributed by atoms with Crippen LogP contribution < -0.4 is 15.0 Å². The Morgan fingerprint density at radius 2 is 1.69 bits per heavy atom. The number of phenols is 1. The predicted molar refractivity (Wildman–Crippen MR) is 177 cm³/mol. The number of nitrogens with zero attached hydrogens (tertiary/aromatic N) is 4. The monoisotopic (exact) mass is 677 g/mol. The van der Waals surface area contributed by atoms with Gasteiger partial charge >= 0.3 is 6.01 Å². The van der Waals surface area contributed by atoms with Crippen molar-refractivity contribution in [3.8, 4) is 22.9 Å². The summed E-state index contributed by atoms with van der Waals surface area (Å²) >= 11 is 0. The number of hydrogen-bond acceptors (Lipinski definition) is 8. The average molecular weight is 678 g/mol. The van der Waals surface area contributed by atoms with Crippen LogP contribution in [0.2, 0.25) is 0 Å². The molecule has 2 N–H and O–H groups in total. The maximum Gasteiger partial charge on any atom is 0.319 e. The Morgan fingerprint density at radius 1 is 0.918 bits per heavy atom. The van der Waals surface area contributed by atoms with E-state index in [9.17, 15) is 9.50 Å². The van der Waals surface area contributed by atoms with Crippen molar-refractivity contribution in [2.24, 2.45) is 10.8 Å². The van der Waals surface area contributed by atoms with Crippen molar-refractivity contribution in [3.63, 3.8) is 0 Å². The predicted octanol–water partition coefficient (Wildman–Crippen LogP) is 6.31. The van der Waals surface area contributed by atoms with Crippen LogP contribution in [0.25, 0.3) is 32.8 Å². The Balaban J connectivity index is 1.09. The molecule has 2 unspecified atom stereocenters. The van der Waals surface area contributed by atoms with Crippen molar-refractivity contribution in [1.82, 2.24) is 20.2 Å². The normalized spacial score (nSPS) is 24.4. The molecule has 2 bridgehead atoms. The second kappa shape index (κ2) is 11.7. The molecule has 9 rings (SSSR count). The van der Waals surface area contributed by atoms with E-state index in [4.69, 9.17) is 14.5 Å². The molecule has 49 heavy (non-hydrogen) atoms. The number of aromatic nitrogens is 2. The Hall–Kier alpha value is -3.74. The van der Waals surface area contributed by atoms with E-state index < -0.39 is 28.8 Å². The molecule has 4 aromatic rings. The fourth-order valence-corrected chi connectivity index (χ4v) is 8.85. The maximum atomic E-state index is 16.8. The standard InChI is InChI=1S/C37H39F4N5O3/c38-27-4-1-21-13-24(47)14-25(29(21)31(27)40)30-28(39)15-26-33(32(30)41)43-35(44-34(26)46-16-22-2-3-23(17-46)42-22)49-20-37(5-6-37)19-45-10-7-36(18-45)8-11-48-12-9-36/h1,4,13-15,22-23,42,47H,2-3,5-12,16-20H2. The number of fused-ring (bicyclic) bond motifs is 4. The van der Waals surface area contributed by atoms with Crippen molar-refractivity contribution in [3.05, 3.63) is 53.6 Å². The number of anilines is 1. The summed E-state index contributed by atoms with van der Waals surface area (Å²) < 4.78 is 74.5. The Morgan fingerprint density at radius 3 is 2.45 bits per heavy atom. The molecular formula is C37H39F4N5O3. The zero-order valence-corrected chi connectivity index (χ0v) is 27.2.